The lowest BCUT2D eigenvalue weighted by Gasteiger charge is -2.29. The van der Waals surface area contributed by atoms with Gasteiger partial charge in [-0.2, -0.15) is 0 Å². The van der Waals surface area contributed by atoms with Crippen LogP contribution in [-0.4, -0.2) is 32.1 Å². The summed E-state index contributed by atoms with van der Waals surface area (Å²) in [5, 5.41) is 5.72. The Kier molecular flexibility index (Phi) is 6.31. The lowest BCUT2D eigenvalue weighted by molar-refractivity contribution is -0.137. The first-order valence-electron chi connectivity index (χ1n) is 7.99. The van der Waals surface area contributed by atoms with E-state index in [4.69, 9.17) is 21.1 Å². The minimum atomic E-state index is -0.740. The summed E-state index contributed by atoms with van der Waals surface area (Å²) >= 11 is 6.03. The predicted molar refractivity (Wildman–Crippen MR) is 92.7 cm³/mol. The average molecular weight is 355 g/mol. The molecule has 0 radical (unpaired) electrons. The molecule has 1 aliphatic rings. The number of carbonyl (C=O) groups excluding carboxylic acids is 2. The Morgan fingerprint density at radius 3 is 2.38 bits per heavy atom. The number of nitrogens with one attached hydrogen (secondary N) is 2. The maximum atomic E-state index is 12.2. The Labute approximate surface area is 146 Å². The number of amides is 2. The van der Waals surface area contributed by atoms with Gasteiger partial charge in [0.15, 0.2) is 0 Å². The summed E-state index contributed by atoms with van der Waals surface area (Å²) in [6, 6.07) is 3.09. The second-order valence-corrected chi connectivity index (χ2v) is 6.39. The van der Waals surface area contributed by atoms with E-state index in [0.717, 1.165) is 19.3 Å². The summed E-state index contributed by atoms with van der Waals surface area (Å²) in [7, 11) is 2.92. The summed E-state index contributed by atoms with van der Waals surface area (Å²) < 4.78 is 10.3. The van der Waals surface area contributed by atoms with Crippen molar-refractivity contribution in [2.75, 3.05) is 19.5 Å². The van der Waals surface area contributed by atoms with E-state index in [9.17, 15) is 9.59 Å². The fourth-order valence-corrected chi connectivity index (χ4v) is 3.13. The van der Waals surface area contributed by atoms with Gasteiger partial charge < -0.3 is 20.1 Å². The Morgan fingerprint density at radius 1 is 1.08 bits per heavy atom. The molecule has 1 aromatic carbocycles. The van der Waals surface area contributed by atoms with Gasteiger partial charge in [-0.25, -0.2) is 0 Å². The van der Waals surface area contributed by atoms with E-state index in [1.165, 1.54) is 32.8 Å². The number of hydrogen-bond donors (Lipinski definition) is 2. The van der Waals surface area contributed by atoms with E-state index < -0.39 is 11.8 Å². The molecule has 2 unspecified atom stereocenters. The first kappa shape index (κ1) is 18.4. The van der Waals surface area contributed by atoms with E-state index in [1.54, 1.807) is 0 Å². The van der Waals surface area contributed by atoms with Crippen molar-refractivity contribution < 1.29 is 19.1 Å². The second-order valence-electron chi connectivity index (χ2n) is 5.98. The highest BCUT2D eigenvalue weighted by Crippen LogP contribution is 2.35. The fraction of sp³-hybridized carbons (Fsp3) is 0.529. The van der Waals surface area contributed by atoms with Gasteiger partial charge in [0.05, 0.1) is 24.9 Å². The van der Waals surface area contributed by atoms with Gasteiger partial charge in [0.2, 0.25) is 0 Å². The number of methoxy groups -OCH3 is 2. The van der Waals surface area contributed by atoms with Gasteiger partial charge >= 0.3 is 11.8 Å². The van der Waals surface area contributed by atoms with Crippen LogP contribution in [0.1, 0.15) is 32.6 Å². The average Bonchev–Trinajstić information content (AvgIpc) is 2.57. The van der Waals surface area contributed by atoms with Gasteiger partial charge in [0, 0.05) is 18.2 Å². The van der Waals surface area contributed by atoms with Crippen molar-refractivity contribution in [1.82, 2.24) is 5.32 Å². The number of ether oxygens (including phenoxy) is 2. The first-order chi connectivity index (χ1) is 11.5. The third-order valence-corrected chi connectivity index (χ3v) is 4.65. The molecular formula is C17H23ClN2O4. The lowest BCUT2D eigenvalue weighted by Crippen LogP contribution is -2.45. The summed E-state index contributed by atoms with van der Waals surface area (Å²) in [6.07, 6.45) is 4.20. The molecule has 1 aromatic rings. The maximum absolute atomic E-state index is 12.2. The molecule has 6 nitrogen and oxygen atoms in total. The number of anilines is 1. The predicted octanol–water partition coefficient (Wildman–Crippen LogP) is 2.99. The van der Waals surface area contributed by atoms with Crippen molar-refractivity contribution in [3.8, 4) is 11.5 Å². The van der Waals surface area contributed by atoms with Crippen LogP contribution in [0.25, 0.3) is 0 Å². The molecule has 0 bridgehead atoms. The van der Waals surface area contributed by atoms with Crippen molar-refractivity contribution in [1.29, 1.82) is 0 Å². The standard InChI is InChI=1S/C17H23ClN2O4/c1-10-6-4-5-7-12(10)19-16(21)17(22)20-13-9-14(23-2)11(18)8-15(13)24-3/h8-10,12H,4-7H2,1-3H3,(H,19,21)(H,20,22). The molecule has 0 heterocycles. The molecule has 2 amide bonds. The van der Waals surface area contributed by atoms with E-state index in [2.05, 4.69) is 17.6 Å². The SMILES string of the molecule is COc1cc(NC(=O)C(=O)NC2CCCCC2C)c(OC)cc1Cl. The highest BCUT2D eigenvalue weighted by Gasteiger charge is 2.26. The molecule has 1 saturated carbocycles. The van der Waals surface area contributed by atoms with Crippen LogP contribution in [0.2, 0.25) is 5.02 Å². The van der Waals surface area contributed by atoms with Crippen LogP contribution in [0, 0.1) is 5.92 Å². The van der Waals surface area contributed by atoms with Gasteiger partial charge in [-0.3, -0.25) is 9.59 Å². The highest BCUT2D eigenvalue weighted by molar-refractivity contribution is 6.40. The van der Waals surface area contributed by atoms with Crippen LogP contribution in [0.4, 0.5) is 5.69 Å². The Morgan fingerprint density at radius 2 is 1.75 bits per heavy atom. The lowest BCUT2D eigenvalue weighted by atomic mass is 9.86. The summed E-state index contributed by atoms with van der Waals surface area (Å²) in [6.45, 7) is 2.09. The normalized spacial score (nSPS) is 20.2. The molecule has 2 atom stereocenters. The molecule has 132 valence electrons. The molecule has 1 aliphatic carbocycles. The zero-order valence-corrected chi connectivity index (χ0v) is 14.9. The molecule has 0 spiro atoms. The fourth-order valence-electron chi connectivity index (χ4n) is 2.90. The zero-order chi connectivity index (χ0) is 17.7. The van der Waals surface area contributed by atoms with Crippen molar-refractivity contribution in [3.05, 3.63) is 17.2 Å². The first-order valence-corrected chi connectivity index (χ1v) is 8.37. The zero-order valence-electron chi connectivity index (χ0n) is 14.1. The smallest absolute Gasteiger partial charge is 0.313 e. The molecule has 0 aliphatic heterocycles. The van der Waals surface area contributed by atoms with Gasteiger partial charge in [0.25, 0.3) is 0 Å². The molecule has 1 fully saturated rings. The van der Waals surface area contributed by atoms with E-state index in [-0.39, 0.29) is 6.04 Å². The monoisotopic (exact) mass is 354 g/mol. The number of rotatable bonds is 4. The third-order valence-electron chi connectivity index (χ3n) is 4.36. The summed E-state index contributed by atoms with van der Waals surface area (Å²) in [5.41, 5.74) is 0.329. The van der Waals surface area contributed by atoms with E-state index in [0.29, 0.717) is 28.1 Å². The molecule has 0 aromatic heterocycles. The maximum Gasteiger partial charge on any atom is 0.313 e. The molecule has 2 rings (SSSR count). The molecule has 0 saturated heterocycles. The number of carbonyl (C=O) groups is 2. The van der Waals surface area contributed by atoms with Crippen molar-refractivity contribution in [3.63, 3.8) is 0 Å². The van der Waals surface area contributed by atoms with Gasteiger partial charge in [-0.1, -0.05) is 31.4 Å². The molecule has 24 heavy (non-hydrogen) atoms. The van der Waals surface area contributed by atoms with Gasteiger partial charge in [0.1, 0.15) is 11.5 Å². The minimum Gasteiger partial charge on any atom is -0.495 e. The highest BCUT2D eigenvalue weighted by atomic mass is 35.5. The Balaban J connectivity index is 2.06. The molecular weight excluding hydrogens is 332 g/mol. The van der Waals surface area contributed by atoms with Crippen LogP contribution in [0.5, 0.6) is 11.5 Å². The van der Waals surface area contributed by atoms with Crippen LogP contribution in [0.15, 0.2) is 12.1 Å². The summed E-state index contributed by atoms with van der Waals surface area (Å²) in [4.78, 5) is 24.4. The minimum absolute atomic E-state index is 0.0404. The number of benzene rings is 1. The van der Waals surface area contributed by atoms with Crippen molar-refractivity contribution >= 4 is 29.1 Å². The summed E-state index contributed by atoms with van der Waals surface area (Å²) in [5.74, 6) is -0.275. The van der Waals surface area contributed by atoms with Crippen LogP contribution < -0.4 is 20.1 Å². The number of halogens is 1. The Hall–Kier alpha value is -1.95. The van der Waals surface area contributed by atoms with Crippen LogP contribution in [-0.2, 0) is 9.59 Å². The van der Waals surface area contributed by atoms with Crippen LogP contribution >= 0.6 is 11.6 Å². The van der Waals surface area contributed by atoms with Gasteiger partial charge in [-0.05, 0) is 18.8 Å². The van der Waals surface area contributed by atoms with E-state index in [1.807, 2.05) is 0 Å². The molecule has 2 N–H and O–H groups in total. The number of hydrogen-bond acceptors (Lipinski definition) is 4. The van der Waals surface area contributed by atoms with Crippen molar-refractivity contribution in [2.24, 2.45) is 5.92 Å². The van der Waals surface area contributed by atoms with Gasteiger partial charge in [-0.15, -0.1) is 0 Å². The molecule has 7 heteroatoms. The third kappa shape index (κ3) is 4.32. The van der Waals surface area contributed by atoms with Crippen molar-refractivity contribution in [2.45, 2.75) is 38.6 Å². The van der Waals surface area contributed by atoms with E-state index >= 15 is 0 Å². The Bertz CT molecular complexity index is 621. The second kappa shape index (κ2) is 8.24. The largest absolute Gasteiger partial charge is 0.495 e. The topological polar surface area (TPSA) is 76.7 Å². The quantitative estimate of drug-likeness (QED) is 0.815. The van der Waals surface area contributed by atoms with Crippen LogP contribution in [0.3, 0.4) is 0 Å².